The maximum Gasteiger partial charge on any atom is 0.314 e. The number of hydrogen-bond donors (Lipinski definition) is 2. The predicted octanol–water partition coefficient (Wildman–Crippen LogP) is 2.91. The Kier molecular flexibility index (Phi) is 5.64. The molecule has 1 aliphatic carbocycles. The number of hydrogen-bond acceptors (Lipinski definition) is 1. The fraction of sp³-hybridized carbons (Fsp3) is 0.923. The van der Waals surface area contributed by atoms with Crippen LogP contribution in [0.4, 0.5) is 4.79 Å². The maximum atomic E-state index is 11.4. The van der Waals surface area contributed by atoms with Crippen LogP contribution < -0.4 is 10.6 Å². The van der Waals surface area contributed by atoms with Gasteiger partial charge in [0, 0.05) is 12.6 Å². The van der Waals surface area contributed by atoms with E-state index in [9.17, 15) is 4.79 Å². The second kappa shape index (κ2) is 6.77. The zero-order valence-electron chi connectivity index (χ0n) is 10.9. The molecule has 2 atom stereocenters. The van der Waals surface area contributed by atoms with Gasteiger partial charge in [0.1, 0.15) is 0 Å². The Hall–Kier alpha value is -0.730. The third-order valence-electron chi connectivity index (χ3n) is 3.26. The lowest BCUT2D eigenvalue weighted by Gasteiger charge is -2.30. The topological polar surface area (TPSA) is 41.1 Å². The first-order chi connectivity index (χ1) is 7.61. The summed E-state index contributed by atoms with van der Waals surface area (Å²) in [6.07, 6.45) is 6.20. The number of amides is 2. The van der Waals surface area contributed by atoms with Crippen molar-refractivity contribution >= 4 is 6.03 Å². The van der Waals surface area contributed by atoms with Crippen molar-refractivity contribution in [2.75, 3.05) is 6.54 Å². The highest BCUT2D eigenvalue weighted by molar-refractivity contribution is 5.74. The van der Waals surface area contributed by atoms with Crippen molar-refractivity contribution in [3.63, 3.8) is 0 Å². The standard InChI is InChI=1S/C13H26N2O/c1-4-14-13(16)15-12-7-5-6-11(9-12)8-10(2)3/h10-12H,4-9H2,1-3H3,(H2,14,15,16)/t11-,12+/m0/s1. The van der Waals surface area contributed by atoms with E-state index in [4.69, 9.17) is 0 Å². The van der Waals surface area contributed by atoms with Crippen LogP contribution in [0.1, 0.15) is 52.9 Å². The molecule has 0 aromatic heterocycles. The molecular weight excluding hydrogens is 200 g/mol. The van der Waals surface area contributed by atoms with E-state index in [-0.39, 0.29) is 6.03 Å². The fourth-order valence-corrected chi connectivity index (χ4v) is 2.70. The lowest BCUT2D eigenvalue weighted by Crippen LogP contribution is -2.44. The summed E-state index contributed by atoms with van der Waals surface area (Å²) in [5.74, 6) is 1.58. The molecule has 2 N–H and O–H groups in total. The predicted molar refractivity (Wildman–Crippen MR) is 67.4 cm³/mol. The summed E-state index contributed by atoms with van der Waals surface area (Å²) in [6.45, 7) is 7.21. The molecule has 0 unspecified atom stereocenters. The Labute approximate surface area is 99.4 Å². The summed E-state index contributed by atoms with van der Waals surface area (Å²) in [6, 6.07) is 0.391. The van der Waals surface area contributed by atoms with Crippen molar-refractivity contribution in [2.45, 2.75) is 58.9 Å². The van der Waals surface area contributed by atoms with E-state index >= 15 is 0 Å². The molecule has 1 saturated carbocycles. The van der Waals surface area contributed by atoms with Gasteiger partial charge in [0.2, 0.25) is 0 Å². The average molecular weight is 226 g/mol. The van der Waals surface area contributed by atoms with Crippen LogP contribution >= 0.6 is 0 Å². The molecule has 0 radical (unpaired) electrons. The van der Waals surface area contributed by atoms with Gasteiger partial charge in [0.05, 0.1) is 0 Å². The third kappa shape index (κ3) is 4.86. The van der Waals surface area contributed by atoms with Crippen molar-refractivity contribution in [2.24, 2.45) is 11.8 Å². The molecule has 0 bridgehead atoms. The van der Waals surface area contributed by atoms with Gasteiger partial charge in [-0.25, -0.2) is 4.79 Å². The van der Waals surface area contributed by atoms with Crippen molar-refractivity contribution in [3.8, 4) is 0 Å². The van der Waals surface area contributed by atoms with Gasteiger partial charge in [-0.05, 0) is 38.0 Å². The minimum atomic E-state index is -0.00213. The van der Waals surface area contributed by atoms with Crippen LogP contribution in [0.5, 0.6) is 0 Å². The first-order valence-corrected chi connectivity index (χ1v) is 6.66. The highest BCUT2D eigenvalue weighted by Gasteiger charge is 2.23. The Balaban J connectivity index is 2.29. The average Bonchev–Trinajstić information content (AvgIpc) is 2.17. The summed E-state index contributed by atoms with van der Waals surface area (Å²) in [4.78, 5) is 11.4. The van der Waals surface area contributed by atoms with Crippen LogP contribution in [0.2, 0.25) is 0 Å². The van der Waals surface area contributed by atoms with Crippen LogP contribution in [0.15, 0.2) is 0 Å². The van der Waals surface area contributed by atoms with E-state index in [1.807, 2.05) is 6.92 Å². The van der Waals surface area contributed by atoms with E-state index in [0.29, 0.717) is 12.6 Å². The molecule has 2 amide bonds. The summed E-state index contributed by atoms with van der Waals surface area (Å²) < 4.78 is 0. The molecule has 0 saturated heterocycles. The smallest absolute Gasteiger partial charge is 0.314 e. The molecule has 3 heteroatoms. The number of carbonyl (C=O) groups is 1. The largest absolute Gasteiger partial charge is 0.338 e. The third-order valence-corrected chi connectivity index (χ3v) is 3.26. The monoisotopic (exact) mass is 226 g/mol. The first kappa shape index (κ1) is 13.3. The highest BCUT2D eigenvalue weighted by atomic mass is 16.2. The lowest BCUT2D eigenvalue weighted by molar-refractivity contribution is 0.220. The summed E-state index contributed by atoms with van der Waals surface area (Å²) in [7, 11) is 0. The molecule has 0 spiro atoms. The quantitative estimate of drug-likeness (QED) is 0.760. The van der Waals surface area contributed by atoms with Crippen molar-refractivity contribution in [1.82, 2.24) is 10.6 Å². The van der Waals surface area contributed by atoms with E-state index in [2.05, 4.69) is 24.5 Å². The van der Waals surface area contributed by atoms with Gasteiger partial charge < -0.3 is 10.6 Å². The lowest BCUT2D eigenvalue weighted by atomic mass is 9.81. The van der Waals surface area contributed by atoms with E-state index < -0.39 is 0 Å². The van der Waals surface area contributed by atoms with Gasteiger partial charge in [0.15, 0.2) is 0 Å². The summed E-state index contributed by atoms with van der Waals surface area (Å²) >= 11 is 0. The zero-order valence-corrected chi connectivity index (χ0v) is 10.9. The number of nitrogens with one attached hydrogen (secondary N) is 2. The van der Waals surface area contributed by atoms with Crippen LogP contribution in [0, 0.1) is 11.8 Å². The van der Waals surface area contributed by atoms with Gasteiger partial charge in [-0.2, -0.15) is 0 Å². The molecule has 0 aliphatic heterocycles. The van der Waals surface area contributed by atoms with Gasteiger partial charge in [0.25, 0.3) is 0 Å². The SMILES string of the molecule is CCNC(=O)N[C@@H]1CCC[C@@H](CC(C)C)C1. The molecule has 0 aromatic carbocycles. The maximum absolute atomic E-state index is 11.4. The normalized spacial score (nSPS) is 25.5. The first-order valence-electron chi connectivity index (χ1n) is 6.66. The van der Waals surface area contributed by atoms with Crippen LogP contribution in [0.3, 0.4) is 0 Å². The van der Waals surface area contributed by atoms with Crippen molar-refractivity contribution < 1.29 is 4.79 Å². The van der Waals surface area contributed by atoms with E-state index in [1.165, 1.54) is 19.3 Å². The van der Waals surface area contributed by atoms with Crippen LogP contribution in [-0.4, -0.2) is 18.6 Å². The van der Waals surface area contributed by atoms with Gasteiger partial charge in [-0.1, -0.05) is 26.7 Å². The van der Waals surface area contributed by atoms with Crippen LogP contribution in [-0.2, 0) is 0 Å². The van der Waals surface area contributed by atoms with E-state index in [1.54, 1.807) is 0 Å². The van der Waals surface area contributed by atoms with Gasteiger partial charge >= 0.3 is 6.03 Å². The zero-order chi connectivity index (χ0) is 12.0. The second-order valence-electron chi connectivity index (χ2n) is 5.36. The molecule has 0 heterocycles. The molecule has 3 nitrogen and oxygen atoms in total. The Morgan fingerprint density at radius 3 is 2.75 bits per heavy atom. The Morgan fingerprint density at radius 1 is 1.38 bits per heavy atom. The highest BCUT2D eigenvalue weighted by Crippen LogP contribution is 2.29. The number of rotatable bonds is 4. The number of carbonyl (C=O) groups excluding carboxylic acids is 1. The number of urea groups is 1. The molecule has 94 valence electrons. The van der Waals surface area contributed by atoms with E-state index in [0.717, 1.165) is 24.7 Å². The minimum absolute atomic E-state index is 0.00213. The summed E-state index contributed by atoms with van der Waals surface area (Å²) in [5.41, 5.74) is 0. The molecule has 16 heavy (non-hydrogen) atoms. The minimum Gasteiger partial charge on any atom is -0.338 e. The fourth-order valence-electron chi connectivity index (χ4n) is 2.70. The van der Waals surface area contributed by atoms with Crippen molar-refractivity contribution in [3.05, 3.63) is 0 Å². The summed E-state index contributed by atoms with van der Waals surface area (Å²) in [5, 5.41) is 5.87. The molecule has 1 aliphatic rings. The van der Waals surface area contributed by atoms with Crippen molar-refractivity contribution in [1.29, 1.82) is 0 Å². The van der Waals surface area contributed by atoms with Gasteiger partial charge in [-0.3, -0.25) is 0 Å². The molecule has 1 rings (SSSR count). The Morgan fingerprint density at radius 2 is 2.12 bits per heavy atom. The molecular formula is C13H26N2O. The molecule has 0 aromatic rings. The molecule has 1 fully saturated rings. The van der Waals surface area contributed by atoms with Crippen LogP contribution in [0.25, 0.3) is 0 Å². The van der Waals surface area contributed by atoms with Gasteiger partial charge in [-0.15, -0.1) is 0 Å². The second-order valence-corrected chi connectivity index (χ2v) is 5.36. The Bertz CT molecular complexity index is 216.